The SMILES string of the molecule is C[C@H]1CCCN(S(=O)(=O)c2ccc(C#N)c(Cl)c2)[C@H]1CO. The molecule has 1 heterocycles. The van der Waals surface area contributed by atoms with Crippen molar-refractivity contribution >= 4 is 21.6 Å². The maximum absolute atomic E-state index is 12.7. The van der Waals surface area contributed by atoms with Crippen molar-refractivity contribution in [3.63, 3.8) is 0 Å². The van der Waals surface area contributed by atoms with Gasteiger partial charge in [0.1, 0.15) is 6.07 Å². The minimum absolute atomic E-state index is 0.0547. The van der Waals surface area contributed by atoms with Crippen LogP contribution in [-0.2, 0) is 10.0 Å². The second-order valence-electron chi connectivity index (χ2n) is 5.24. The Morgan fingerprint density at radius 2 is 2.24 bits per heavy atom. The first kappa shape index (κ1) is 16.2. The summed E-state index contributed by atoms with van der Waals surface area (Å²) in [7, 11) is -3.72. The van der Waals surface area contributed by atoms with Crippen molar-refractivity contribution in [3.8, 4) is 6.07 Å². The molecule has 1 fully saturated rings. The highest BCUT2D eigenvalue weighted by Gasteiger charge is 2.36. The molecule has 0 radical (unpaired) electrons. The summed E-state index contributed by atoms with van der Waals surface area (Å²) >= 11 is 5.92. The number of hydrogen-bond donors (Lipinski definition) is 1. The number of piperidine rings is 1. The van der Waals surface area contributed by atoms with E-state index < -0.39 is 16.1 Å². The topological polar surface area (TPSA) is 81.4 Å². The zero-order valence-electron chi connectivity index (χ0n) is 11.7. The quantitative estimate of drug-likeness (QED) is 0.920. The lowest BCUT2D eigenvalue weighted by molar-refractivity contribution is 0.113. The predicted octanol–water partition coefficient (Wildman–Crippen LogP) is 1.99. The molecule has 0 aromatic heterocycles. The highest BCUT2D eigenvalue weighted by atomic mass is 35.5. The minimum atomic E-state index is -3.72. The Bertz CT molecular complexity index is 669. The van der Waals surface area contributed by atoms with E-state index in [9.17, 15) is 13.5 Å². The Kier molecular flexibility index (Phi) is 4.89. The van der Waals surface area contributed by atoms with Gasteiger partial charge in [-0.1, -0.05) is 18.5 Å². The van der Waals surface area contributed by atoms with Crippen LogP contribution < -0.4 is 0 Å². The molecule has 2 rings (SSSR count). The first-order valence-corrected chi connectivity index (χ1v) is 8.56. The van der Waals surface area contributed by atoms with Gasteiger partial charge in [0.15, 0.2) is 0 Å². The number of nitrogens with zero attached hydrogens (tertiary/aromatic N) is 2. The lowest BCUT2D eigenvalue weighted by Gasteiger charge is -2.37. The summed E-state index contributed by atoms with van der Waals surface area (Å²) in [4.78, 5) is 0.0547. The lowest BCUT2D eigenvalue weighted by Crippen LogP contribution is -2.49. The van der Waals surface area contributed by atoms with Gasteiger partial charge in [0.25, 0.3) is 0 Å². The van der Waals surface area contributed by atoms with Gasteiger partial charge in [0.2, 0.25) is 10.0 Å². The fourth-order valence-electron chi connectivity index (χ4n) is 2.66. The first-order chi connectivity index (χ1) is 9.91. The second-order valence-corrected chi connectivity index (χ2v) is 7.54. The maximum Gasteiger partial charge on any atom is 0.243 e. The Morgan fingerprint density at radius 3 is 2.81 bits per heavy atom. The van der Waals surface area contributed by atoms with Crippen LogP contribution in [0.2, 0.25) is 5.02 Å². The standard InChI is InChI=1S/C14H17ClN2O3S/c1-10-3-2-6-17(14(10)9-18)21(19,20)12-5-4-11(8-16)13(15)7-12/h4-5,7,10,14,18H,2-3,6,9H2,1H3/t10-,14-/m0/s1. The van der Waals surface area contributed by atoms with Crippen LogP contribution in [0.5, 0.6) is 0 Å². The third kappa shape index (κ3) is 3.06. The molecule has 0 bridgehead atoms. The van der Waals surface area contributed by atoms with Gasteiger partial charge in [0, 0.05) is 6.54 Å². The molecule has 1 aliphatic heterocycles. The molecule has 1 saturated heterocycles. The minimum Gasteiger partial charge on any atom is -0.395 e. The smallest absolute Gasteiger partial charge is 0.243 e. The highest BCUT2D eigenvalue weighted by molar-refractivity contribution is 7.89. The fraction of sp³-hybridized carbons (Fsp3) is 0.500. The van der Waals surface area contributed by atoms with Crippen LogP contribution in [0.15, 0.2) is 23.1 Å². The van der Waals surface area contributed by atoms with Gasteiger partial charge in [-0.25, -0.2) is 8.42 Å². The molecule has 0 unspecified atom stereocenters. The third-order valence-corrected chi connectivity index (χ3v) is 6.15. The van der Waals surface area contributed by atoms with Crippen LogP contribution in [0.25, 0.3) is 0 Å². The van der Waals surface area contributed by atoms with Gasteiger partial charge in [-0.3, -0.25) is 0 Å². The van der Waals surface area contributed by atoms with Gasteiger partial charge < -0.3 is 5.11 Å². The van der Waals surface area contributed by atoms with Crippen molar-refractivity contribution in [1.82, 2.24) is 4.31 Å². The summed E-state index contributed by atoms with van der Waals surface area (Å²) in [5.41, 5.74) is 0.237. The third-order valence-electron chi connectivity index (χ3n) is 3.92. The van der Waals surface area contributed by atoms with Crippen LogP contribution in [0.1, 0.15) is 25.3 Å². The number of aliphatic hydroxyl groups is 1. The van der Waals surface area contributed by atoms with Crippen molar-refractivity contribution in [2.45, 2.75) is 30.7 Å². The van der Waals surface area contributed by atoms with E-state index in [1.165, 1.54) is 22.5 Å². The summed E-state index contributed by atoms with van der Waals surface area (Å²) in [6.45, 7) is 2.12. The highest BCUT2D eigenvalue weighted by Crippen LogP contribution is 2.30. The zero-order valence-corrected chi connectivity index (χ0v) is 13.2. The monoisotopic (exact) mass is 328 g/mol. The molecule has 5 nitrogen and oxygen atoms in total. The fourth-order valence-corrected chi connectivity index (χ4v) is 4.73. The number of benzene rings is 1. The van der Waals surface area contributed by atoms with Gasteiger partial charge >= 0.3 is 0 Å². The predicted molar refractivity (Wildman–Crippen MR) is 79.3 cm³/mol. The van der Waals surface area contributed by atoms with Crippen molar-refractivity contribution in [1.29, 1.82) is 5.26 Å². The molecule has 114 valence electrons. The van der Waals surface area contributed by atoms with Gasteiger partial charge in [0.05, 0.1) is 28.1 Å². The lowest BCUT2D eigenvalue weighted by atomic mass is 9.93. The average molecular weight is 329 g/mol. The molecule has 7 heteroatoms. The van der Waals surface area contributed by atoms with E-state index in [2.05, 4.69) is 0 Å². The Labute approximate surface area is 129 Å². The molecule has 0 amide bonds. The molecule has 0 spiro atoms. The van der Waals surface area contributed by atoms with E-state index in [1.807, 2.05) is 13.0 Å². The Hall–Kier alpha value is -1.13. The number of sulfonamides is 1. The van der Waals surface area contributed by atoms with E-state index >= 15 is 0 Å². The summed E-state index contributed by atoms with van der Waals surface area (Å²) in [5, 5.41) is 18.5. The summed E-state index contributed by atoms with van der Waals surface area (Å²) in [5.74, 6) is 0.104. The summed E-state index contributed by atoms with van der Waals surface area (Å²) in [6.07, 6.45) is 1.66. The van der Waals surface area contributed by atoms with Gasteiger partial charge in [-0.05, 0) is 37.0 Å². The number of aliphatic hydroxyl groups excluding tert-OH is 1. The molecule has 2 atom stereocenters. The molecular formula is C14H17ClN2O3S. The number of hydrogen-bond acceptors (Lipinski definition) is 4. The maximum atomic E-state index is 12.7. The number of rotatable bonds is 3. The molecule has 21 heavy (non-hydrogen) atoms. The largest absolute Gasteiger partial charge is 0.395 e. The van der Waals surface area contributed by atoms with Crippen LogP contribution >= 0.6 is 11.6 Å². The number of nitriles is 1. The number of halogens is 1. The average Bonchev–Trinajstić information content (AvgIpc) is 2.46. The summed E-state index contributed by atoms with van der Waals surface area (Å²) in [6, 6.07) is 5.56. The van der Waals surface area contributed by atoms with Crippen molar-refractivity contribution < 1.29 is 13.5 Å². The van der Waals surface area contributed by atoms with Crippen LogP contribution in [-0.4, -0.2) is 37.0 Å². The molecule has 0 aliphatic carbocycles. The normalized spacial score (nSPS) is 23.7. The molecule has 1 aromatic rings. The van der Waals surface area contributed by atoms with E-state index in [0.29, 0.717) is 6.54 Å². The first-order valence-electron chi connectivity index (χ1n) is 6.74. The molecular weight excluding hydrogens is 312 g/mol. The molecule has 1 aromatic carbocycles. The van der Waals surface area contributed by atoms with Crippen molar-refractivity contribution in [3.05, 3.63) is 28.8 Å². The van der Waals surface area contributed by atoms with E-state index in [0.717, 1.165) is 12.8 Å². The van der Waals surface area contributed by atoms with E-state index in [4.69, 9.17) is 16.9 Å². The van der Waals surface area contributed by atoms with Crippen LogP contribution in [0, 0.1) is 17.2 Å². The molecule has 1 N–H and O–H groups in total. The van der Waals surface area contributed by atoms with Gasteiger partial charge in [-0.15, -0.1) is 0 Å². The van der Waals surface area contributed by atoms with Crippen molar-refractivity contribution in [2.75, 3.05) is 13.2 Å². The van der Waals surface area contributed by atoms with Gasteiger partial charge in [-0.2, -0.15) is 9.57 Å². The Morgan fingerprint density at radius 1 is 1.52 bits per heavy atom. The van der Waals surface area contributed by atoms with E-state index in [1.54, 1.807) is 0 Å². The van der Waals surface area contributed by atoms with Crippen LogP contribution in [0.4, 0.5) is 0 Å². The molecule has 1 aliphatic rings. The van der Waals surface area contributed by atoms with Crippen LogP contribution in [0.3, 0.4) is 0 Å². The second kappa shape index (κ2) is 6.32. The van der Waals surface area contributed by atoms with Crippen molar-refractivity contribution in [2.24, 2.45) is 5.92 Å². The molecule has 0 saturated carbocycles. The Balaban J connectivity index is 2.41. The zero-order chi connectivity index (χ0) is 15.6. The van der Waals surface area contributed by atoms with E-state index in [-0.39, 0.29) is 28.0 Å². The summed E-state index contributed by atoms with van der Waals surface area (Å²) < 4.78 is 26.8.